The van der Waals surface area contributed by atoms with Gasteiger partial charge in [0.1, 0.15) is 6.29 Å². The Hall–Kier alpha value is -2.50. The predicted octanol–water partition coefficient (Wildman–Crippen LogP) is 5.09. The third-order valence-electron chi connectivity index (χ3n) is 7.82. The molecule has 1 aliphatic carbocycles. The molecule has 4 rings (SSSR count). The first-order valence-electron chi connectivity index (χ1n) is 13.6. The summed E-state index contributed by atoms with van der Waals surface area (Å²) in [4.78, 5) is 29.3. The van der Waals surface area contributed by atoms with Crippen LogP contribution in [0.15, 0.2) is 42.5 Å². The first-order chi connectivity index (χ1) is 17.6. The average Bonchev–Trinajstić information content (AvgIpc) is 2.91. The fraction of sp³-hybridized carbons (Fsp3) is 0.548. The molecule has 2 aromatic carbocycles. The maximum Gasteiger partial charge on any atom is 0.226 e. The van der Waals surface area contributed by atoms with Crippen molar-refractivity contribution >= 4 is 12.2 Å². The van der Waals surface area contributed by atoms with Crippen LogP contribution in [-0.2, 0) is 22.4 Å². The van der Waals surface area contributed by atoms with E-state index in [-0.39, 0.29) is 5.91 Å². The molecule has 196 valence electrons. The molecule has 1 heterocycles. The van der Waals surface area contributed by atoms with Crippen LogP contribution < -0.4 is 0 Å². The van der Waals surface area contributed by atoms with Gasteiger partial charge in [-0.05, 0) is 78.9 Å². The van der Waals surface area contributed by atoms with E-state index in [1.807, 2.05) is 18.0 Å². The van der Waals surface area contributed by atoms with Crippen LogP contribution in [0.5, 0.6) is 0 Å². The number of amides is 1. The number of carbonyl (C=O) groups excluding carboxylic acids is 2. The Balaban J connectivity index is 0.00000176. The zero-order valence-electron chi connectivity index (χ0n) is 22.4. The number of aldehydes is 1. The number of likely N-dealkylation sites (tertiary alicyclic amines) is 1. The van der Waals surface area contributed by atoms with Gasteiger partial charge in [0.25, 0.3) is 0 Å². The molecule has 2 fully saturated rings. The van der Waals surface area contributed by atoms with Crippen molar-refractivity contribution in [1.29, 1.82) is 0 Å². The first-order valence-corrected chi connectivity index (χ1v) is 13.6. The molecule has 5 heteroatoms. The summed E-state index contributed by atoms with van der Waals surface area (Å²) in [7, 11) is 5.13. The predicted molar refractivity (Wildman–Crippen MR) is 147 cm³/mol. The zero-order chi connectivity index (χ0) is 25.9. The van der Waals surface area contributed by atoms with Crippen molar-refractivity contribution in [3.8, 4) is 11.1 Å². The van der Waals surface area contributed by atoms with Crippen molar-refractivity contribution in [2.45, 2.75) is 63.7 Å². The first kappa shape index (κ1) is 28.1. The second-order valence-corrected chi connectivity index (χ2v) is 10.5. The van der Waals surface area contributed by atoms with E-state index >= 15 is 0 Å². The molecule has 36 heavy (non-hydrogen) atoms. The molecule has 1 saturated heterocycles. The second kappa shape index (κ2) is 14.3. The molecule has 1 atom stereocenters. The van der Waals surface area contributed by atoms with E-state index < -0.39 is 0 Å². The van der Waals surface area contributed by atoms with Gasteiger partial charge < -0.3 is 19.7 Å². The van der Waals surface area contributed by atoms with E-state index in [1.165, 1.54) is 43.2 Å². The summed E-state index contributed by atoms with van der Waals surface area (Å²) in [5, 5.41) is 7.00. The van der Waals surface area contributed by atoms with Crippen molar-refractivity contribution in [2.75, 3.05) is 40.8 Å². The van der Waals surface area contributed by atoms with Gasteiger partial charge in [-0.3, -0.25) is 4.79 Å². The number of likely N-dealkylation sites (N-methyl/N-ethyl adjacent to an activating group) is 1. The second-order valence-electron chi connectivity index (χ2n) is 10.5. The van der Waals surface area contributed by atoms with Crippen molar-refractivity contribution in [3.63, 3.8) is 0 Å². The molecular weight excluding hydrogens is 448 g/mol. The molecular formula is C31H44N2O3. The van der Waals surface area contributed by atoms with Gasteiger partial charge in [0.15, 0.2) is 0 Å². The number of carbonyl (C=O) groups is 2. The average molecular weight is 493 g/mol. The van der Waals surface area contributed by atoms with E-state index in [0.717, 1.165) is 62.6 Å². The molecule has 0 radical (unpaired) electrons. The van der Waals surface area contributed by atoms with Gasteiger partial charge >= 0.3 is 0 Å². The topological polar surface area (TPSA) is 60.9 Å². The molecule has 5 nitrogen and oxygen atoms in total. The number of hydrogen-bond donors (Lipinski definition) is 1. The molecule has 1 unspecified atom stereocenters. The highest BCUT2D eigenvalue weighted by Crippen LogP contribution is 2.42. The fourth-order valence-corrected chi connectivity index (χ4v) is 6.14. The van der Waals surface area contributed by atoms with Crippen LogP contribution in [0.25, 0.3) is 11.1 Å². The molecule has 1 aliphatic heterocycles. The van der Waals surface area contributed by atoms with Crippen molar-refractivity contribution < 1.29 is 14.7 Å². The van der Waals surface area contributed by atoms with Crippen LogP contribution in [-0.4, -0.2) is 67.9 Å². The van der Waals surface area contributed by atoms with Crippen LogP contribution in [0.2, 0.25) is 0 Å². The third kappa shape index (κ3) is 7.27. The quantitative estimate of drug-likeness (QED) is 0.521. The Morgan fingerprint density at radius 2 is 1.69 bits per heavy atom. The minimum absolute atomic E-state index is 0.183. The lowest BCUT2D eigenvalue weighted by atomic mass is 9.76. The van der Waals surface area contributed by atoms with Gasteiger partial charge in [-0.1, -0.05) is 61.7 Å². The summed E-state index contributed by atoms with van der Waals surface area (Å²) < 4.78 is 0. The highest BCUT2D eigenvalue weighted by Gasteiger charge is 2.26. The van der Waals surface area contributed by atoms with E-state index in [1.54, 1.807) is 0 Å². The Labute approximate surface area is 217 Å². The highest BCUT2D eigenvalue weighted by atomic mass is 16.2. The Kier molecular flexibility index (Phi) is 11.1. The number of aliphatic hydroxyl groups excluding tert-OH is 1. The molecule has 2 aromatic rings. The lowest BCUT2D eigenvalue weighted by molar-refractivity contribution is -0.130. The number of rotatable bonds is 8. The summed E-state index contributed by atoms with van der Waals surface area (Å²) in [6, 6.07) is 14.7. The SMILES string of the molecule is CN1CCCC(CN(C)C(=O)Cc2ccc(CC=O)c(C3CCCCC3)c2-c2ccccc2)C1.CO. The molecule has 1 amide bonds. The summed E-state index contributed by atoms with van der Waals surface area (Å²) in [6.07, 6.45) is 10.4. The van der Waals surface area contributed by atoms with E-state index in [2.05, 4.69) is 48.3 Å². The standard InChI is InChI=1S/C30H40N2O2.CH4O/c1-31-18-9-10-23(21-31)22-32(2)28(34)20-27-16-15-26(17-19-33)29(24-11-5-3-6-12-24)30(27)25-13-7-4-8-14-25;1-2/h4,7-8,13-16,19,23-24H,3,5-6,9-12,17-18,20-22H2,1-2H3;2H,1H3. The van der Waals surface area contributed by atoms with Crippen molar-refractivity contribution in [3.05, 3.63) is 59.2 Å². The summed E-state index contributed by atoms with van der Waals surface area (Å²) in [6.45, 7) is 3.05. The van der Waals surface area contributed by atoms with Crippen LogP contribution in [0.3, 0.4) is 0 Å². The van der Waals surface area contributed by atoms with Crippen LogP contribution in [0.1, 0.15) is 67.6 Å². The van der Waals surface area contributed by atoms with Crippen LogP contribution in [0, 0.1) is 5.92 Å². The molecule has 2 aliphatic rings. The largest absolute Gasteiger partial charge is 0.400 e. The van der Waals surface area contributed by atoms with Gasteiger partial charge in [-0.15, -0.1) is 0 Å². The van der Waals surface area contributed by atoms with Gasteiger partial charge in [0.05, 0.1) is 6.42 Å². The number of nitrogens with zero attached hydrogens (tertiary/aromatic N) is 2. The smallest absolute Gasteiger partial charge is 0.226 e. The molecule has 1 saturated carbocycles. The van der Waals surface area contributed by atoms with Gasteiger partial charge in [0.2, 0.25) is 5.91 Å². The van der Waals surface area contributed by atoms with Crippen molar-refractivity contribution in [2.24, 2.45) is 5.92 Å². The minimum Gasteiger partial charge on any atom is -0.400 e. The normalized spacial score (nSPS) is 18.7. The monoisotopic (exact) mass is 492 g/mol. The molecule has 0 spiro atoms. The Morgan fingerprint density at radius 3 is 2.36 bits per heavy atom. The number of piperidine rings is 1. The van der Waals surface area contributed by atoms with E-state index in [9.17, 15) is 9.59 Å². The maximum absolute atomic E-state index is 13.4. The number of aliphatic hydroxyl groups is 1. The maximum atomic E-state index is 13.4. The van der Waals surface area contributed by atoms with Crippen LogP contribution >= 0.6 is 0 Å². The molecule has 1 N–H and O–H groups in total. The number of benzene rings is 2. The Bertz CT molecular complexity index is 969. The summed E-state index contributed by atoms with van der Waals surface area (Å²) in [5.41, 5.74) is 5.91. The number of hydrogen-bond acceptors (Lipinski definition) is 4. The van der Waals surface area contributed by atoms with Crippen molar-refractivity contribution in [1.82, 2.24) is 9.80 Å². The van der Waals surface area contributed by atoms with Gasteiger partial charge in [0, 0.05) is 33.7 Å². The zero-order valence-corrected chi connectivity index (χ0v) is 22.4. The van der Waals surface area contributed by atoms with Crippen LogP contribution in [0.4, 0.5) is 0 Å². The van der Waals surface area contributed by atoms with E-state index in [4.69, 9.17) is 5.11 Å². The van der Waals surface area contributed by atoms with Gasteiger partial charge in [-0.25, -0.2) is 0 Å². The summed E-state index contributed by atoms with van der Waals surface area (Å²) >= 11 is 0. The lowest BCUT2D eigenvalue weighted by Crippen LogP contribution is -2.40. The lowest BCUT2D eigenvalue weighted by Gasteiger charge is -2.32. The Morgan fingerprint density at radius 1 is 1.00 bits per heavy atom. The van der Waals surface area contributed by atoms with Gasteiger partial charge in [-0.2, -0.15) is 0 Å². The minimum atomic E-state index is 0.183. The van der Waals surface area contributed by atoms with E-state index in [0.29, 0.717) is 24.7 Å². The highest BCUT2D eigenvalue weighted by molar-refractivity contribution is 5.84. The summed E-state index contributed by atoms with van der Waals surface area (Å²) in [5.74, 6) is 1.20. The fourth-order valence-electron chi connectivity index (χ4n) is 6.14. The molecule has 0 bridgehead atoms. The molecule has 0 aromatic heterocycles. The third-order valence-corrected chi connectivity index (χ3v) is 7.82.